The molecule has 3 rings (SSSR count). The number of nitrogens with one attached hydrogen (secondary N) is 2. The lowest BCUT2D eigenvalue weighted by Gasteiger charge is -2.08. The molecule has 0 aromatic heterocycles. The SMILES string of the molecule is C/C(=N/NC(=O)COc1ccc(Cl)cc1)c1cccc(NC(=O)c2ccc(C)cc2)c1. The van der Waals surface area contributed by atoms with E-state index in [0.717, 1.165) is 11.1 Å². The molecule has 0 heterocycles. The van der Waals surface area contributed by atoms with E-state index in [4.69, 9.17) is 16.3 Å². The number of carbonyl (C=O) groups is 2. The van der Waals surface area contributed by atoms with Crippen molar-refractivity contribution in [3.63, 3.8) is 0 Å². The Balaban J connectivity index is 1.57. The zero-order chi connectivity index (χ0) is 22.2. The van der Waals surface area contributed by atoms with Crippen LogP contribution < -0.4 is 15.5 Å². The molecule has 3 aromatic carbocycles. The van der Waals surface area contributed by atoms with Crippen molar-refractivity contribution in [3.8, 4) is 5.75 Å². The lowest BCUT2D eigenvalue weighted by Crippen LogP contribution is -2.25. The predicted octanol–water partition coefficient (Wildman–Crippen LogP) is 4.82. The average molecular weight is 436 g/mol. The zero-order valence-electron chi connectivity index (χ0n) is 17.2. The molecule has 6 nitrogen and oxygen atoms in total. The molecule has 31 heavy (non-hydrogen) atoms. The second kappa shape index (κ2) is 10.4. The molecule has 0 bridgehead atoms. The van der Waals surface area contributed by atoms with E-state index in [2.05, 4.69) is 15.8 Å². The van der Waals surface area contributed by atoms with Gasteiger partial charge in [-0.3, -0.25) is 9.59 Å². The minimum absolute atomic E-state index is 0.176. The van der Waals surface area contributed by atoms with Crippen molar-refractivity contribution in [3.05, 3.63) is 94.5 Å². The summed E-state index contributed by atoms with van der Waals surface area (Å²) < 4.78 is 5.39. The molecule has 0 unspecified atom stereocenters. The molecular formula is C24H22ClN3O3. The second-order valence-electron chi connectivity index (χ2n) is 6.88. The third-order valence-electron chi connectivity index (χ3n) is 4.38. The number of hydrazone groups is 1. The van der Waals surface area contributed by atoms with Gasteiger partial charge in [0.1, 0.15) is 5.75 Å². The Bertz CT molecular complexity index is 1090. The van der Waals surface area contributed by atoms with Crippen LogP contribution in [0.3, 0.4) is 0 Å². The highest BCUT2D eigenvalue weighted by molar-refractivity contribution is 6.30. The van der Waals surface area contributed by atoms with E-state index in [1.54, 1.807) is 55.5 Å². The van der Waals surface area contributed by atoms with Gasteiger partial charge in [-0.15, -0.1) is 0 Å². The number of rotatable bonds is 7. The Kier molecular flexibility index (Phi) is 7.40. The first-order chi connectivity index (χ1) is 14.9. The van der Waals surface area contributed by atoms with Gasteiger partial charge in [-0.05, 0) is 67.9 Å². The number of benzene rings is 3. The number of ether oxygens (including phenoxy) is 1. The Morgan fingerprint density at radius 1 is 0.968 bits per heavy atom. The fourth-order valence-corrected chi connectivity index (χ4v) is 2.78. The van der Waals surface area contributed by atoms with Gasteiger partial charge < -0.3 is 10.1 Å². The molecule has 0 aliphatic heterocycles. The molecule has 2 N–H and O–H groups in total. The van der Waals surface area contributed by atoms with E-state index in [-0.39, 0.29) is 12.5 Å². The van der Waals surface area contributed by atoms with Gasteiger partial charge in [0.2, 0.25) is 0 Å². The molecule has 7 heteroatoms. The third kappa shape index (κ3) is 6.69. The van der Waals surface area contributed by atoms with Crippen LogP contribution in [0.2, 0.25) is 5.02 Å². The van der Waals surface area contributed by atoms with Gasteiger partial charge in [0.05, 0.1) is 5.71 Å². The summed E-state index contributed by atoms with van der Waals surface area (Å²) >= 11 is 5.82. The Morgan fingerprint density at radius 3 is 2.39 bits per heavy atom. The number of aryl methyl sites for hydroxylation is 1. The molecule has 158 valence electrons. The lowest BCUT2D eigenvalue weighted by atomic mass is 10.1. The Hall–Kier alpha value is -3.64. The van der Waals surface area contributed by atoms with E-state index in [0.29, 0.717) is 27.7 Å². The van der Waals surface area contributed by atoms with Gasteiger partial charge in [0, 0.05) is 16.3 Å². The van der Waals surface area contributed by atoms with Gasteiger partial charge in [0.25, 0.3) is 11.8 Å². The largest absolute Gasteiger partial charge is 0.484 e. The summed E-state index contributed by atoms with van der Waals surface area (Å²) in [5, 5.41) is 7.57. The maximum Gasteiger partial charge on any atom is 0.277 e. The van der Waals surface area contributed by atoms with E-state index in [9.17, 15) is 9.59 Å². The van der Waals surface area contributed by atoms with Gasteiger partial charge in [0.15, 0.2) is 6.61 Å². The number of halogens is 1. The maximum atomic E-state index is 12.4. The predicted molar refractivity (Wildman–Crippen MR) is 123 cm³/mol. The molecule has 0 saturated heterocycles. The monoisotopic (exact) mass is 435 g/mol. The summed E-state index contributed by atoms with van der Waals surface area (Å²) in [6.07, 6.45) is 0. The van der Waals surface area contributed by atoms with Crippen molar-refractivity contribution in [1.29, 1.82) is 0 Å². The topological polar surface area (TPSA) is 79.8 Å². The van der Waals surface area contributed by atoms with Crippen molar-refractivity contribution in [2.24, 2.45) is 5.10 Å². The fourth-order valence-electron chi connectivity index (χ4n) is 2.65. The van der Waals surface area contributed by atoms with Crippen LogP contribution in [-0.4, -0.2) is 24.1 Å². The van der Waals surface area contributed by atoms with Gasteiger partial charge in [-0.2, -0.15) is 5.10 Å². The molecule has 0 atom stereocenters. The highest BCUT2D eigenvalue weighted by atomic mass is 35.5. The molecule has 2 amide bonds. The van der Waals surface area contributed by atoms with Gasteiger partial charge >= 0.3 is 0 Å². The minimum atomic E-state index is -0.391. The maximum absolute atomic E-state index is 12.4. The molecule has 0 saturated carbocycles. The molecule has 0 aliphatic carbocycles. The van der Waals surface area contributed by atoms with E-state index in [1.165, 1.54) is 0 Å². The van der Waals surface area contributed by atoms with E-state index >= 15 is 0 Å². The third-order valence-corrected chi connectivity index (χ3v) is 4.64. The van der Waals surface area contributed by atoms with Crippen molar-refractivity contribution in [2.45, 2.75) is 13.8 Å². The lowest BCUT2D eigenvalue weighted by molar-refractivity contribution is -0.123. The number of amides is 2. The van der Waals surface area contributed by atoms with Crippen molar-refractivity contribution in [2.75, 3.05) is 11.9 Å². The van der Waals surface area contributed by atoms with Crippen LogP contribution in [-0.2, 0) is 4.79 Å². The van der Waals surface area contributed by atoms with Crippen LogP contribution in [0.15, 0.2) is 77.9 Å². The van der Waals surface area contributed by atoms with Crippen LogP contribution in [0.25, 0.3) is 0 Å². The van der Waals surface area contributed by atoms with Crippen LogP contribution in [0.4, 0.5) is 5.69 Å². The first kappa shape index (κ1) is 22.1. The number of hydrogen-bond donors (Lipinski definition) is 2. The Labute approximate surface area is 185 Å². The minimum Gasteiger partial charge on any atom is -0.484 e. The summed E-state index contributed by atoms with van der Waals surface area (Å²) in [6.45, 7) is 3.56. The summed E-state index contributed by atoms with van der Waals surface area (Å²) in [7, 11) is 0. The van der Waals surface area contributed by atoms with Gasteiger partial charge in [-0.1, -0.05) is 41.4 Å². The van der Waals surface area contributed by atoms with Crippen LogP contribution >= 0.6 is 11.6 Å². The average Bonchev–Trinajstić information content (AvgIpc) is 2.77. The smallest absolute Gasteiger partial charge is 0.277 e. The van der Waals surface area contributed by atoms with Gasteiger partial charge in [-0.25, -0.2) is 5.43 Å². The first-order valence-corrected chi connectivity index (χ1v) is 9.98. The molecule has 0 spiro atoms. The van der Waals surface area contributed by atoms with Crippen LogP contribution in [0, 0.1) is 6.92 Å². The van der Waals surface area contributed by atoms with Crippen LogP contribution in [0.1, 0.15) is 28.4 Å². The number of hydrogen-bond acceptors (Lipinski definition) is 4. The number of nitrogens with zero attached hydrogens (tertiary/aromatic N) is 1. The first-order valence-electron chi connectivity index (χ1n) is 9.60. The van der Waals surface area contributed by atoms with Crippen molar-refractivity contribution in [1.82, 2.24) is 5.43 Å². The van der Waals surface area contributed by atoms with E-state index in [1.807, 2.05) is 31.2 Å². The quantitative estimate of drug-likeness (QED) is 0.412. The normalized spacial score (nSPS) is 11.0. The van der Waals surface area contributed by atoms with E-state index < -0.39 is 5.91 Å². The van der Waals surface area contributed by atoms with Crippen LogP contribution in [0.5, 0.6) is 5.75 Å². The standard InChI is InChI=1S/C24H22ClN3O3/c1-16-6-8-18(9-7-16)24(30)26-21-5-3-4-19(14-21)17(2)27-28-23(29)15-31-22-12-10-20(25)11-13-22/h3-14H,15H2,1-2H3,(H,26,30)(H,28,29)/b27-17-. The Morgan fingerprint density at radius 2 is 1.68 bits per heavy atom. The number of carbonyl (C=O) groups excluding carboxylic acids is 2. The molecule has 0 fully saturated rings. The van der Waals surface area contributed by atoms with Crippen molar-refractivity contribution >= 4 is 34.8 Å². The summed E-state index contributed by atoms with van der Waals surface area (Å²) in [5.74, 6) is -0.0465. The van der Waals surface area contributed by atoms with Crippen molar-refractivity contribution < 1.29 is 14.3 Å². The molecule has 0 aliphatic rings. The highest BCUT2D eigenvalue weighted by Crippen LogP contribution is 2.16. The molecule has 3 aromatic rings. The zero-order valence-corrected chi connectivity index (χ0v) is 17.9. The summed E-state index contributed by atoms with van der Waals surface area (Å²) in [4.78, 5) is 24.4. The molecular weight excluding hydrogens is 414 g/mol. The number of anilines is 1. The fraction of sp³-hybridized carbons (Fsp3) is 0.125. The summed E-state index contributed by atoms with van der Waals surface area (Å²) in [6, 6.07) is 21.3. The summed E-state index contributed by atoms with van der Waals surface area (Å²) in [5.41, 5.74) is 6.12. The molecule has 0 radical (unpaired) electrons. The highest BCUT2D eigenvalue weighted by Gasteiger charge is 2.08. The second-order valence-corrected chi connectivity index (χ2v) is 7.31.